The van der Waals surface area contributed by atoms with E-state index in [2.05, 4.69) is 15.9 Å². The first-order valence-electron chi connectivity index (χ1n) is 6.41. The topological polar surface area (TPSA) is 44.5 Å². The number of benzene rings is 2. The minimum atomic E-state index is -0.0237. The highest BCUT2D eigenvalue weighted by Gasteiger charge is 2.08. The van der Waals surface area contributed by atoms with Crippen LogP contribution in [0.4, 0.5) is 0 Å². The first-order valence-corrected chi connectivity index (χ1v) is 7.20. The quantitative estimate of drug-likeness (QED) is 0.896. The van der Waals surface area contributed by atoms with Crippen LogP contribution in [0.1, 0.15) is 24.1 Å². The molecule has 1 atom stereocenters. The zero-order valence-corrected chi connectivity index (χ0v) is 13.2. The van der Waals surface area contributed by atoms with E-state index in [1.54, 1.807) is 7.11 Å². The van der Waals surface area contributed by atoms with Crippen LogP contribution >= 0.6 is 15.9 Å². The van der Waals surface area contributed by atoms with Crippen molar-refractivity contribution in [1.29, 1.82) is 0 Å². The van der Waals surface area contributed by atoms with E-state index in [0.29, 0.717) is 12.4 Å². The lowest BCUT2D eigenvalue weighted by atomic mass is 10.1. The van der Waals surface area contributed by atoms with Gasteiger partial charge in [0.15, 0.2) is 11.5 Å². The smallest absolute Gasteiger partial charge is 0.161 e. The van der Waals surface area contributed by atoms with Gasteiger partial charge in [-0.05, 0) is 42.3 Å². The molecule has 2 aromatic rings. The minimum absolute atomic E-state index is 0.0237. The lowest BCUT2D eigenvalue weighted by Crippen LogP contribution is -2.05. The second kappa shape index (κ2) is 6.77. The number of nitrogens with two attached hydrogens (primary N) is 1. The van der Waals surface area contributed by atoms with Crippen LogP contribution in [0.2, 0.25) is 0 Å². The summed E-state index contributed by atoms with van der Waals surface area (Å²) < 4.78 is 12.2. The standard InChI is InChI=1S/C16H18BrNO2/c1-11(18)13-5-8-15(16(9-13)19-2)20-10-12-3-6-14(17)7-4-12/h3-9,11H,10,18H2,1-2H3. The monoisotopic (exact) mass is 335 g/mol. The van der Waals surface area contributed by atoms with Crippen LogP contribution in [-0.4, -0.2) is 7.11 Å². The van der Waals surface area contributed by atoms with Gasteiger partial charge in [-0.3, -0.25) is 0 Å². The summed E-state index contributed by atoms with van der Waals surface area (Å²) in [6, 6.07) is 13.8. The van der Waals surface area contributed by atoms with Crippen LogP contribution in [-0.2, 0) is 6.61 Å². The molecule has 2 N–H and O–H groups in total. The van der Waals surface area contributed by atoms with E-state index in [1.807, 2.05) is 49.4 Å². The average Bonchev–Trinajstić information content (AvgIpc) is 2.46. The zero-order valence-electron chi connectivity index (χ0n) is 11.6. The molecule has 0 bridgehead atoms. The molecule has 4 heteroatoms. The average molecular weight is 336 g/mol. The number of methoxy groups -OCH3 is 1. The molecule has 0 spiro atoms. The van der Waals surface area contributed by atoms with Crippen molar-refractivity contribution in [1.82, 2.24) is 0 Å². The Hall–Kier alpha value is -1.52. The van der Waals surface area contributed by atoms with Gasteiger partial charge in [0.05, 0.1) is 7.11 Å². The van der Waals surface area contributed by atoms with Gasteiger partial charge in [-0.1, -0.05) is 34.1 Å². The molecule has 0 aliphatic rings. The van der Waals surface area contributed by atoms with Crippen molar-refractivity contribution in [3.63, 3.8) is 0 Å². The van der Waals surface area contributed by atoms with E-state index >= 15 is 0 Å². The van der Waals surface area contributed by atoms with Crippen LogP contribution in [0.5, 0.6) is 11.5 Å². The second-order valence-corrected chi connectivity index (χ2v) is 5.53. The Kier molecular flexibility index (Phi) is 5.04. The van der Waals surface area contributed by atoms with E-state index in [0.717, 1.165) is 21.3 Å². The van der Waals surface area contributed by atoms with Gasteiger partial charge in [0.2, 0.25) is 0 Å². The predicted molar refractivity (Wildman–Crippen MR) is 84.1 cm³/mol. The van der Waals surface area contributed by atoms with Crippen LogP contribution in [0.3, 0.4) is 0 Å². The summed E-state index contributed by atoms with van der Waals surface area (Å²) in [6.07, 6.45) is 0. The molecule has 1 unspecified atom stereocenters. The maximum atomic E-state index is 5.87. The van der Waals surface area contributed by atoms with Gasteiger partial charge >= 0.3 is 0 Å². The summed E-state index contributed by atoms with van der Waals surface area (Å²) >= 11 is 3.41. The maximum absolute atomic E-state index is 5.87. The van der Waals surface area contributed by atoms with E-state index < -0.39 is 0 Å². The molecule has 2 aromatic carbocycles. The van der Waals surface area contributed by atoms with E-state index in [4.69, 9.17) is 15.2 Å². The zero-order chi connectivity index (χ0) is 14.5. The Bertz CT molecular complexity index is 567. The first kappa shape index (κ1) is 14.9. The van der Waals surface area contributed by atoms with E-state index in [9.17, 15) is 0 Å². The highest BCUT2D eigenvalue weighted by molar-refractivity contribution is 9.10. The van der Waals surface area contributed by atoms with Gasteiger partial charge in [-0.15, -0.1) is 0 Å². The summed E-state index contributed by atoms with van der Waals surface area (Å²) in [5, 5.41) is 0. The largest absolute Gasteiger partial charge is 0.493 e. The van der Waals surface area contributed by atoms with Crippen molar-refractivity contribution in [2.75, 3.05) is 7.11 Å². The Morgan fingerprint density at radius 1 is 1.10 bits per heavy atom. The molecule has 0 aromatic heterocycles. The fourth-order valence-corrected chi connectivity index (χ4v) is 2.09. The SMILES string of the molecule is COc1cc(C(C)N)ccc1OCc1ccc(Br)cc1. The number of ether oxygens (including phenoxy) is 2. The molecule has 106 valence electrons. The molecule has 20 heavy (non-hydrogen) atoms. The molecule has 2 rings (SSSR count). The predicted octanol–water partition coefficient (Wildman–Crippen LogP) is 4.06. The number of rotatable bonds is 5. The van der Waals surface area contributed by atoms with Gasteiger partial charge in [-0.25, -0.2) is 0 Å². The summed E-state index contributed by atoms with van der Waals surface area (Å²) in [6.45, 7) is 2.44. The number of hydrogen-bond donors (Lipinski definition) is 1. The first-order chi connectivity index (χ1) is 9.60. The third kappa shape index (κ3) is 3.74. The van der Waals surface area contributed by atoms with E-state index in [1.165, 1.54) is 0 Å². The highest BCUT2D eigenvalue weighted by atomic mass is 79.9. The van der Waals surface area contributed by atoms with Crippen molar-refractivity contribution in [2.45, 2.75) is 19.6 Å². The molecule has 0 amide bonds. The summed E-state index contributed by atoms with van der Waals surface area (Å²) in [4.78, 5) is 0. The summed E-state index contributed by atoms with van der Waals surface area (Å²) in [5.74, 6) is 1.43. The van der Waals surface area contributed by atoms with E-state index in [-0.39, 0.29) is 6.04 Å². The Morgan fingerprint density at radius 3 is 2.40 bits per heavy atom. The molecule has 0 saturated heterocycles. The van der Waals surface area contributed by atoms with Gasteiger partial charge in [0.25, 0.3) is 0 Å². The summed E-state index contributed by atoms with van der Waals surface area (Å²) in [5.41, 5.74) is 7.99. The van der Waals surface area contributed by atoms with Crippen LogP contribution in [0, 0.1) is 0 Å². The van der Waals surface area contributed by atoms with Gasteiger partial charge < -0.3 is 15.2 Å². The van der Waals surface area contributed by atoms with Gasteiger partial charge in [0, 0.05) is 10.5 Å². The lowest BCUT2D eigenvalue weighted by molar-refractivity contribution is 0.284. The molecular weight excluding hydrogens is 318 g/mol. The number of halogens is 1. The highest BCUT2D eigenvalue weighted by Crippen LogP contribution is 2.30. The molecule has 3 nitrogen and oxygen atoms in total. The van der Waals surface area contributed by atoms with Crippen LogP contribution in [0.15, 0.2) is 46.9 Å². The van der Waals surface area contributed by atoms with Crippen molar-refractivity contribution in [2.24, 2.45) is 5.73 Å². The Balaban J connectivity index is 2.10. The maximum Gasteiger partial charge on any atom is 0.161 e. The van der Waals surface area contributed by atoms with Crippen molar-refractivity contribution in [3.05, 3.63) is 58.1 Å². The molecular formula is C16H18BrNO2. The molecule has 0 heterocycles. The van der Waals surface area contributed by atoms with Crippen molar-refractivity contribution < 1.29 is 9.47 Å². The molecule has 0 fully saturated rings. The summed E-state index contributed by atoms with van der Waals surface area (Å²) in [7, 11) is 1.63. The second-order valence-electron chi connectivity index (χ2n) is 4.61. The van der Waals surface area contributed by atoms with Crippen molar-refractivity contribution in [3.8, 4) is 11.5 Å². The molecule has 0 saturated carbocycles. The van der Waals surface area contributed by atoms with Crippen LogP contribution < -0.4 is 15.2 Å². The van der Waals surface area contributed by atoms with Gasteiger partial charge in [-0.2, -0.15) is 0 Å². The minimum Gasteiger partial charge on any atom is -0.493 e. The number of hydrogen-bond acceptors (Lipinski definition) is 3. The van der Waals surface area contributed by atoms with Crippen LogP contribution in [0.25, 0.3) is 0 Å². The lowest BCUT2D eigenvalue weighted by Gasteiger charge is -2.13. The fraction of sp³-hybridized carbons (Fsp3) is 0.250. The Labute approximate surface area is 127 Å². The normalized spacial score (nSPS) is 12.0. The third-order valence-electron chi connectivity index (χ3n) is 3.02. The fourth-order valence-electron chi connectivity index (χ4n) is 1.83. The van der Waals surface area contributed by atoms with Gasteiger partial charge in [0.1, 0.15) is 6.61 Å². The van der Waals surface area contributed by atoms with Crippen molar-refractivity contribution >= 4 is 15.9 Å². The molecule has 0 aliphatic heterocycles. The Morgan fingerprint density at radius 2 is 1.80 bits per heavy atom. The third-order valence-corrected chi connectivity index (χ3v) is 3.55. The molecule has 0 radical (unpaired) electrons. The molecule has 0 aliphatic carbocycles.